The monoisotopic (exact) mass is 190 g/mol. The van der Waals surface area contributed by atoms with Gasteiger partial charge in [-0.3, -0.25) is 4.79 Å². The van der Waals surface area contributed by atoms with Crippen molar-refractivity contribution in [2.24, 2.45) is 0 Å². The first-order valence-electron chi connectivity index (χ1n) is 4.02. The number of hydrogen-bond acceptors (Lipinski definition) is 4. The fourth-order valence-corrected chi connectivity index (χ4v) is 0.798. The summed E-state index contributed by atoms with van der Waals surface area (Å²) in [5.41, 5.74) is 0. The molecule has 0 aromatic rings. The van der Waals surface area contributed by atoms with Crippen molar-refractivity contribution in [2.75, 3.05) is 13.2 Å². The van der Waals surface area contributed by atoms with Crippen LogP contribution in [0, 0.1) is 0 Å². The average molecular weight is 190 g/mol. The third kappa shape index (κ3) is 6.09. The van der Waals surface area contributed by atoms with E-state index in [4.69, 9.17) is 17.0 Å². The zero-order valence-corrected chi connectivity index (χ0v) is 8.28. The summed E-state index contributed by atoms with van der Waals surface area (Å²) in [5.74, 6) is -0.321. The third-order valence-electron chi connectivity index (χ3n) is 1.06. The molecule has 0 aliphatic carbocycles. The van der Waals surface area contributed by atoms with Crippen molar-refractivity contribution < 1.29 is 14.3 Å². The van der Waals surface area contributed by atoms with Crippen LogP contribution in [0.4, 0.5) is 0 Å². The van der Waals surface area contributed by atoms with Crippen molar-refractivity contribution >= 4 is 23.2 Å². The van der Waals surface area contributed by atoms with Gasteiger partial charge in [-0.25, -0.2) is 0 Å². The van der Waals surface area contributed by atoms with Crippen molar-refractivity contribution in [2.45, 2.75) is 26.7 Å². The van der Waals surface area contributed by atoms with E-state index in [0.29, 0.717) is 18.3 Å². The largest absolute Gasteiger partial charge is 0.486 e. The van der Waals surface area contributed by atoms with Gasteiger partial charge in [-0.2, -0.15) is 0 Å². The Kier molecular flexibility index (Phi) is 6.66. The van der Waals surface area contributed by atoms with Gasteiger partial charge >= 0.3 is 5.97 Å². The second kappa shape index (κ2) is 7.03. The van der Waals surface area contributed by atoms with Gasteiger partial charge in [-0.05, 0) is 25.6 Å². The summed E-state index contributed by atoms with van der Waals surface area (Å²) in [6.07, 6.45) is 0.978. The summed E-state index contributed by atoms with van der Waals surface area (Å²) in [6.45, 7) is 4.69. The maximum atomic E-state index is 10.8. The molecule has 0 spiro atoms. The van der Waals surface area contributed by atoms with E-state index in [1.54, 1.807) is 6.92 Å². The summed E-state index contributed by atoms with van der Waals surface area (Å²) < 4.78 is 9.72. The molecule has 0 radical (unpaired) electrons. The van der Waals surface area contributed by atoms with E-state index < -0.39 is 0 Å². The smallest absolute Gasteiger partial charge is 0.314 e. The molecule has 0 unspecified atom stereocenters. The van der Waals surface area contributed by atoms with Gasteiger partial charge in [0.2, 0.25) is 0 Å². The predicted molar refractivity (Wildman–Crippen MR) is 50.1 cm³/mol. The van der Waals surface area contributed by atoms with Gasteiger partial charge < -0.3 is 9.47 Å². The maximum absolute atomic E-state index is 10.8. The molecule has 0 aromatic carbocycles. The van der Waals surface area contributed by atoms with Crippen LogP contribution in [0.3, 0.4) is 0 Å². The Balaban J connectivity index is 3.47. The molecule has 0 fully saturated rings. The molecule has 0 saturated heterocycles. The Labute approximate surface area is 78.0 Å². The molecule has 3 nitrogen and oxygen atoms in total. The molecule has 0 heterocycles. The molecular formula is C8H14O3S. The molecule has 0 amide bonds. The highest BCUT2D eigenvalue weighted by Crippen LogP contribution is 1.94. The van der Waals surface area contributed by atoms with E-state index in [-0.39, 0.29) is 12.4 Å². The standard InChI is InChI=1S/C8H14O3S/c1-3-5-11-8(12)6-7(9)10-4-2/h3-6H2,1-2H3. The van der Waals surface area contributed by atoms with Gasteiger partial charge in [0.1, 0.15) is 6.42 Å². The highest BCUT2D eigenvalue weighted by atomic mass is 32.1. The minimum atomic E-state index is -0.321. The topological polar surface area (TPSA) is 35.5 Å². The Morgan fingerprint density at radius 2 is 2.00 bits per heavy atom. The molecular weight excluding hydrogens is 176 g/mol. The number of thiocarbonyl (C=S) groups is 1. The lowest BCUT2D eigenvalue weighted by atomic mass is 10.4. The summed E-state index contributed by atoms with van der Waals surface area (Å²) in [6, 6.07) is 0. The van der Waals surface area contributed by atoms with E-state index in [1.165, 1.54) is 0 Å². The molecule has 0 bridgehead atoms. The first kappa shape index (κ1) is 11.4. The molecule has 0 aliphatic rings. The van der Waals surface area contributed by atoms with Crippen molar-refractivity contribution in [3.8, 4) is 0 Å². The lowest BCUT2D eigenvalue weighted by Gasteiger charge is -2.04. The molecule has 12 heavy (non-hydrogen) atoms. The SMILES string of the molecule is CCCOC(=S)CC(=O)OCC. The Hall–Kier alpha value is -0.640. The number of carbonyl (C=O) groups excluding carboxylic acids is 1. The third-order valence-corrected chi connectivity index (χ3v) is 1.32. The van der Waals surface area contributed by atoms with E-state index >= 15 is 0 Å². The van der Waals surface area contributed by atoms with Gasteiger partial charge in [0, 0.05) is 0 Å². The van der Waals surface area contributed by atoms with Gasteiger partial charge in [0.25, 0.3) is 0 Å². The van der Waals surface area contributed by atoms with Crippen LogP contribution >= 0.6 is 12.2 Å². The molecule has 0 aliphatic heterocycles. The van der Waals surface area contributed by atoms with Crippen molar-refractivity contribution in [1.82, 2.24) is 0 Å². The molecule has 4 heteroatoms. The molecule has 0 aromatic heterocycles. The van der Waals surface area contributed by atoms with Crippen LogP contribution in [0.15, 0.2) is 0 Å². The Morgan fingerprint density at radius 3 is 2.50 bits per heavy atom. The minimum absolute atomic E-state index is 0.0865. The highest BCUT2D eigenvalue weighted by molar-refractivity contribution is 7.80. The van der Waals surface area contributed by atoms with Crippen molar-refractivity contribution in [1.29, 1.82) is 0 Å². The number of rotatable bonds is 5. The lowest BCUT2D eigenvalue weighted by molar-refractivity contribution is -0.141. The first-order valence-corrected chi connectivity index (χ1v) is 4.42. The fraction of sp³-hybridized carbons (Fsp3) is 0.750. The van der Waals surface area contributed by atoms with Crippen molar-refractivity contribution in [3.05, 3.63) is 0 Å². The molecule has 0 N–H and O–H groups in total. The molecule has 0 rings (SSSR count). The van der Waals surface area contributed by atoms with Crippen molar-refractivity contribution in [3.63, 3.8) is 0 Å². The maximum Gasteiger partial charge on any atom is 0.314 e. The van der Waals surface area contributed by atoms with Crippen LogP contribution in [-0.4, -0.2) is 24.2 Å². The summed E-state index contributed by atoms with van der Waals surface area (Å²) in [4.78, 5) is 10.8. The fourth-order valence-electron chi connectivity index (χ4n) is 0.597. The van der Waals surface area contributed by atoms with Gasteiger partial charge in [-0.15, -0.1) is 0 Å². The van der Waals surface area contributed by atoms with E-state index in [9.17, 15) is 4.79 Å². The lowest BCUT2D eigenvalue weighted by Crippen LogP contribution is -2.12. The second-order valence-electron chi connectivity index (χ2n) is 2.20. The second-order valence-corrected chi connectivity index (χ2v) is 2.66. The number of esters is 1. The number of hydrogen-bond donors (Lipinski definition) is 0. The van der Waals surface area contributed by atoms with Gasteiger partial charge in [0.15, 0.2) is 5.05 Å². The van der Waals surface area contributed by atoms with Crippen LogP contribution in [0.25, 0.3) is 0 Å². The Morgan fingerprint density at radius 1 is 1.33 bits per heavy atom. The highest BCUT2D eigenvalue weighted by Gasteiger charge is 2.06. The van der Waals surface area contributed by atoms with Crippen LogP contribution < -0.4 is 0 Å². The van der Waals surface area contributed by atoms with Gasteiger partial charge in [-0.1, -0.05) is 6.92 Å². The quantitative estimate of drug-likeness (QED) is 0.488. The normalized spacial score (nSPS) is 9.17. The zero-order valence-electron chi connectivity index (χ0n) is 7.46. The summed E-state index contributed by atoms with van der Waals surface area (Å²) in [7, 11) is 0. The van der Waals surface area contributed by atoms with E-state index in [2.05, 4.69) is 4.74 Å². The number of carbonyl (C=O) groups is 1. The van der Waals surface area contributed by atoms with E-state index in [0.717, 1.165) is 6.42 Å². The van der Waals surface area contributed by atoms with Gasteiger partial charge in [0.05, 0.1) is 13.2 Å². The first-order chi connectivity index (χ1) is 5.70. The van der Waals surface area contributed by atoms with Crippen LogP contribution in [0.5, 0.6) is 0 Å². The number of ether oxygens (including phenoxy) is 2. The van der Waals surface area contributed by atoms with E-state index in [1.807, 2.05) is 6.92 Å². The summed E-state index contributed by atoms with van der Waals surface area (Å²) >= 11 is 4.79. The molecule has 0 saturated carbocycles. The van der Waals surface area contributed by atoms with Crippen LogP contribution in [0.1, 0.15) is 26.7 Å². The summed E-state index contributed by atoms with van der Waals surface area (Å²) in [5, 5.41) is 0.315. The van der Waals surface area contributed by atoms with Crippen LogP contribution in [0.2, 0.25) is 0 Å². The minimum Gasteiger partial charge on any atom is -0.486 e. The van der Waals surface area contributed by atoms with Crippen LogP contribution in [-0.2, 0) is 14.3 Å². The Bertz CT molecular complexity index is 156. The molecule has 0 atom stereocenters. The molecule has 70 valence electrons. The average Bonchev–Trinajstić information content (AvgIpc) is 2.01. The zero-order chi connectivity index (χ0) is 9.40. The predicted octanol–water partition coefficient (Wildman–Crippen LogP) is 1.69.